The molecule has 2 aliphatic rings. The van der Waals surface area contributed by atoms with Crippen molar-refractivity contribution in [1.82, 2.24) is 9.80 Å². The topological polar surface area (TPSA) is 39.9 Å². The molecule has 33 heavy (non-hydrogen) atoms. The van der Waals surface area contributed by atoms with Crippen LogP contribution in [-0.2, 0) is 19.5 Å². The molecule has 3 heterocycles. The van der Waals surface area contributed by atoms with Crippen molar-refractivity contribution in [2.24, 2.45) is 0 Å². The molecule has 172 valence electrons. The number of carbonyl (C=O) groups excluding carboxylic acids is 1. The van der Waals surface area contributed by atoms with E-state index in [4.69, 9.17) is 4.42 Å². The number of carbonyl (C=O) groups is 1. The average Bonchev–Trinajstić information content (AvgIpc) is 3.32. The van der Waals surface area contributed by atoms with Gasteiger partial charge in [-0.15, -0.1) is 0 Å². The van der Waals surface area contributed by atoms with E-state index in [1.54, 1.807) is 6.26 Å². The van der Waals surface area contributed by atoms with Crippen LogP contribution in [0.25, 0.3) is 0 Å². The molecule has 2 aliphatic heterocycles. The molecule has 1 unspecified atom stereocenters. The number of para-hydroxylation sites is 1. The van der Waals surface area contributed by atoms with Crippen molar-refractivity contribution in [2.45, 2.75) is 38.9 Å². The van der Waals surface area contributed by atoms with Crippen molar-refractivity contribution in [1.29, 1.82) is 0 Å². The van der Waals surface area contributed by atoms with Crippen LogP contribution in [0.3, 0.4) is 0 Å². The summed E-state index contributed by atoms with van der Waals surface area (Å²) in [5, 5.41) is 0. The standard InChI is InChI=1S/C27H30FN3O2/c1-20-17-22-5-2-3-6-25(22)31(20)19-26-24(11-16-33-26)27(32)30-13-4-12-29(14-15-30)18-21-7-9-23(28)10-8-21/h2-3,5-11,16,20H,4,12-15,17-19H2,1H3. The summed E-state index contributed by atoms with van der Waals surface area (Å²) in [7, 11) is 0. The third-order valence-corrected chi connectivity index (χ3v) is 6.83. The van der Waals surface area contributed by atoms with Gasteiger partial charge in [0.1, 0.15) is 11.6 Å². The predicted octanol–water partition coefficient (Wildman–Crippen LogP) is 4.72. The highest BCUT2D eigenvalue weighted by molar-refractivity contribution is 5.95. The van der Waals surface area contributed by atoms with Gasteiger partial charge in [-0.2, -0.15) is 0 Å². The van der Waals surface area contributed by atoms with Crippen molar-refractivity contribution in [3.63, 3.8) is 0 Å². The largest absolute Gasteiger partial charge is 0.467 e. The van der Waals surface area contributed by atoms with Gasteiger partial charge >= 0.3 is 0 Å². The maximum Gasteiger partial charge on any atom is 0.257 e. The molecule has 0 N–H and O–H groups in total. The molecule has 0 spiro atoms. The zero-order valence-corrected chi connectivity index (χ0v) is 19.0. The lowest BCUT2D eigenvalue weighted by Gasteiger charge is -2.25. The highest BCUT2D eigenvalue weighted by atomic mass is 19.1. The van der Waals surface area contributed by atoms with Crippen LogP contribution in [-0.4, -0.2) is 47.9 Å². The van der Waals surface area contributed by atoms with Gasteiger partial charge in [0.15, 0.2) is 0 Å². The number of halogens is 1. The maximum atomic E-state index is 13.4. The number of hydrogen-bond donors (Lipinski definition) is 0. The molecule has 3 aromatic rings. The van der Waals surface area contributed by atoms with Crippen LogP contribution in [0, 0.1) is 5.82 Å². The average molecular weight is 448 g/mol. The zero-order valence-electron chi connectivity index (χ0n) is 19.0. The highest BCUT2D eigenvalue weighted by Crippen LogP contribution is 2.33. The van der Waals surface area contributed by atoms with Gasteiger partial charge in [-0.1, -0.05) is 30.3 Å². The van der Waals surface area contributed by atoms with Gasteiger partial charge in [-0.05, 0) is 55.2 Å². The van der Waals surface area contributed by atoms with Gasteiger partial charge in [-0.25, -0.2) is 4.39 Å². The number of furan rings is 1. The number of fused-ring (bicyclic) bond motifs is 1. The van der Waals surface area contributed by atoms with Gasteiger partial charge in [0.2, 0.25) is 0 Å². The molecule has 6 heteroatoms. The van der Waals surface area contributed by atoms with E-state index in [2.05, 4.69) is 41.0 Å². The lowest BCUT2D eigenvalue weighted by molar-refractivity contribution is 0.0758. The Balaban J connectivity index is 1.24. The molecule has 2 aromatic carbocycles. The monoisotopic (exact) mass is 447 g/mol. The third kappa shape index (κ3) is 4.67. The second-order valence-corrected chi connectivity index (χ2v) is 9.12. The first-order valence-corrected chi connectivity index (χ1v) is 11.8. The van der Waals surface area contributed by atoms with Crippen LogP contribution < -0.4 is 4.90 Å². The maximum absolute atomic E-state index is 13.4. The smallest absolute Gasteiger partial charge is 0.257 e. The second-order valence-electron chi connectivity index (χ2n) is 9.12. The minimum absolute atomic E-state index is 0.0440. The summed E-state index contributed by atoms with van der Waals surface area (Å²) in [5.74, 6) is 0.563. The molecule has 5 nitrogen and oxygen atoms in total. The first-order chi connectivity index (χ1) is 16.1. The summed E-state index contributed by atoms with van der Waals surface area (Å²) in [6.45, 7) is 6.70. The lowest BCUT2D eigenvalue weighted by atomic mass is 10.1. The normalized spacial score (nSPS) is 18.9. The minimum atomic E-state index is -0.214. The number of amides is 1. The fourth-order valence-electron chi connectivity index (χ4n) is 5.03. The molecule has 0 radical (unpaired) electrons. The zero-order chi connectivity index (χ0) is 22.8. The Morgan fingerprint density at radius 1 is 1.00 bits per heavy atom. The van der Waals surface area contributed by atoms with Gasteiger partial charge in [0, 0.05) is 44.5 Å². The van der Waals surface area contributed by atoms with Crippen molar-refractivity contribution in [3.05, 3.63) is 89.1 Å². The summed E-state index contributed by atoms with van der Waals surface area (Å²) in [5.41, 5.74) is 4.33. The molecular weight excluding hydrogens is 417 g/mol. The Bertz CT molecular complexity index is 1110. The molecule has 1 amide bonds. The fourth-order valence-corrected chi connectivity index (χ4v) is 5.03. The van der Waals surface area contributed by atoms with Crippen LogP contribution in [0.5, 0.6) is 0 Å². The number of benzene rings is 2. The number of hydrogen-bond acceptors (Lipinski definition) is 4. The van der Waals surface area contributed by atoms with E-state index in [9.17, 15) is 9.18 Å². The first kappa shape index (κ1) is 21.7. The van der Waals surface area contributed by atoms with Gasteiger partial charge in [0.05, 0.1) is 18.4 Å². The summed E-state index contributed by atoms with van der Waals surface area (Å²) in [6, 6.07) is 17.3. The summed E-state index contributed by atoms with van der Waals surface area (Å²) in [4.78, 5) is 20.0. The van der Waals surface area contributed by atoms with E-state index in [0.29, 0.717) is 24.7 Å². The quantitative estimate of drug-likeness (QED) is 0.568. The summed E-state index contributed by atoms with van der Waals surface area (Å²) >= 11 is 0. The van der Waals surface area contributed by atoms with E-state index >= 15 is 0 Å². The third-order valence-electron chi connectivity index (χ3n) is 6.83. The SMILES string of the molecule is CC1Cc2ccccc2N1Cc1occc1C(=O)N1CCCN(Cc2ccc(F)cc2)CC1. The fraction of sp³-hybridized carbons (Fsp3) is 0.370. The van der Waals surface area contributed by atoms with Crippen LogP contribution in [0.1, 0.15) is 40.6 Å². The molecule has 0 bridgehead atoms. The first-order valence-electron chi connectivity index (χ1n) is 11.8. The number of rotatable bonds is 5. The molecule has 1 saturated heterocycles. The lowest BCUT2D eigenvalue weighted by Crippen LogP contribution is -2.36. The molecule has 1 aromatic heterocycles. The predicted molar refractivity (Wildman–Crippen MR) is 127 cm³/mol. The molecule has 0 saturated carbocycles. The Labute approximate surface area is 194 Å². The van der Waals surface area contributed by atoms with E-state index in [0.717, 1.165) is 50.3 Å². The van der Waals surface area contributed by atoms with Crippen LogP contribution in [0.4, 0.5) is 10.1 Å². The van der Waals surface area contributed by atoms with Gasteiger partial charge < -0.3 is 14.2 Å². The molecule has 1 fully saturated rings. The van der Waals surface area contributed by atoms with Crippen molar-refractivity contribution in [2.75, 3.05) is 31.1 Å². The molecule has 5 rings (SSSR count). The molecule has 1 atom stereocenters. The molecule has 0 aliphatic carbocycles. The Morgan fingerprint density at radius 2 is 1.82 bits per heavy atom. The minimum Gasteiger partial charge on any atom is -0.467 e. The van der Waals surface area contributed by atoms with Crippen LogP contribution in [0.2, 0.25) is 0 Å². The molecular formula is C27H30FN3O2. The number of nitrogens with zero attached hydrogens (tertiary/aromatic N) is 3. The Kier molecular flexibility index (Phi) is 6.18. The van der Waals surface area contributed by atoms with E-state index in [1.807, 2.05) is 23.1 Å². The second kappa shape index (κ2) is 9.40. The van der Waals surface area contributed by atoms with Gasteiger partial charge in [0.25, 0.3) is 5.91 Å². The van der Waals surface area contributed by atoms with Crippen LogP contribution in [0.15, 0.2) is 65.3 Å². The van der Waals surface area contributed by atoms with E-state index in [-0.39, 0.29) is 11.7 Å². The summed E-state index contributed by atoms with van der Waals surface area (Å²) in [6.07, 6.45) is 3.56. The number of anilines is 1. The highest BCUT2D eigenvalue weighted by Gasteiger charge is 2.29. The van der Waals surface area contributed by atoms with Gasteiger partial charge in [-0.3, -0.25) is 9.69 Å². The van der Waals surface area contributed by atoms with E-state index in [1.165, 1.54) is 23.4 Å². The van der Waals surface area contributed by atoms with Crippen molar-refractivity contribution in [3.8, 4) is 0 Å². The Morgan fingerprint density at radius 3 is 2.67 bits per heavy atom. The van der Waals surface area contributed by atoms with Crippen LogP contribution >= 0.6 is 0 Å². The van der Waals surface area contributed by atoms with Crippen molar-refractivity contribution >= 4 is 11.6 Å². The van der Waals surface area contributed by atoms with E-state index < -0.39 is 0 Å². The summed E-state index contributed by atoms with van der Waals surface area (Å²) < 4.78 is 19.0. The Hall–Kier alpha value is -3.12. The van der Waals surface area contributed by atoms with Crippen molar-refractivity contribution < 1.29 is 13.6 Å².